The second kappa shape index (κ2) is 18.5. The van der Waals surface area contributed by atoms with Crippen LogP contribution in [0.3, 0.4) is 0 Å². The summed E-state index contributed by atoms with van der Waals surface area (Å²) < 4.78 is 132. The molecule has 2 atom stereocenters. The summed E-state index contributed by atoms with van der Waals surface area (Å²) in [4.78, 5) is 41.7. The molecule has 0 aromatic carbocycles. The molecule has 0 aliphatic carbocycles. The van der Waals surface area contributed by atoms with E-state index in [9.17, 15) is 73.3 Å². The summed E-state index contributed by atoms with van der Waals surface area (Å²) in [6.07, 6.45) is -16.3. The number of Topliss-reactive ketones (excluding diaryl/α,β-unsaturated/α-hetero) is 2. The number of carboxylic acids is 2. The van der Waals surface area contributed by atoms with E-state index in [0.29, 0.717) is 0 Å². The molecule has 0 spiro atoms. The summed E-state index contributed by atoms with van der Waals surface area (Å²) in [5, 5.41) is 19.9. The number of halogens is 10. The van der Waals surface area contributed by atoms with Gasteiger partial charge in [0.15, 0.2) is 0 Å². The van der Waals surface area contributed by atoms with Crippen LogP contribution in [0.4, 0.5) is 43.9 Å². The molecule has 39 heavy (non-hydrogen) atoms. The van der Waals surface area contributed by atoms with E-state index in [1.165, 1.54) is 0 Å². The van der Waals surface area contributed by atoms with Crippen LogP contribution in [0.15, 0.2) is 0 Å². The fraction of sp³-hybridized carbons (Fsp3) is 0.800. The number of hydrogen-bond acceptors (Lipinski definition) is 8. The zero-order chi connectivity index (χ0) is 31.8. The van der Waals surface area contributed by atoms with Crippen LogP contribution in [-0.4, -0.2) is 60.9 Å². The Balaban J connectivity index is -0.000000537. The molecular formula is C20H26F10O8Ti. The predicted octanol–water partition coefficient (Wildman–Crippen LogP) is 2.81. The molecule has 0 radical (unpaired) electrons. The first-order valence-corrected chi connectivity index (χ1v) is 12.1. The zero-order valence-electron chi connectivity index (χ0n) is 20.9. The minimum atomic E-state index is -5.88. The van der Waals surface area contributed by atoms with Crippen molar-refractivity contribution < 1.29 is 99.9 Å². The van der Waals surface area contributed by atoms with Crippen molar-refractivity contribution in [2.24, 2.45) is 11.8 Å². The topological polar surface area (TPSA) is 133 Å². The Labute approximate surface area is 226 Å². The van der Waals surface area contributed by atoms with Gasteiger partial charge in [-0.25, -0.2) is 0 Å². The normalized spacial score (nSPS) is 13.5. The predicted molar refractivity (Wildman–Crippen MR) is 102 cm³/mol. The van der Waals surface area contributed by atoms with Gasteiger partial charge in [-0.15, -0.1) is 0 Å². The Hall–Kier alpha value is -1.79. The number of ketones is 2. The minimum absolute atomic E-state index is 0.486. The molecule has 0 N–H and O–H groups in total. The van der Waals surface area contributed by atoms with Gasteiger partial charge in [0, 0.05) is 24.8 Å². The first kappa shape index (κ1) is 41.7. The zero-order valence-corrected chi connectivity index (χ0v) is 22.5. The second-order valence-electron chi connectivity index (χ2n) is 7.14. The van der Waals surface area contributed by atoms with Gasteiger partial charge in [0.25, 0.3) is 0 Å². The van der Waals surface area contributed by atoms with Crippen molar-refractivity contribution in [2.75, 3.05) is 13.2 Å². The summed E-state index contributed by atoms with van der Waals surface area (Å²) in [5.74, 6) is -23.2. The molecule has 0 saturated heterocycles. The SMILES string of the molecule is CCC(C(=O)CC(=O)[O-])C(F)(F)C(F)(F)F.CCC(C(=O)CC(=O)[O-])C(F)(F)C(F)(F)F.CC[O][Ti+2][O]CC. The number of hydrogen-bond donors (Lipinski definition) is 0. The molecule has 0 aromatic heterocycles. The van der Waals surface area contributed by atoms with Crippen molar-refractivity contribution in [1.29, 1.82) is 0 Å². The Bertz CT molecular complexity index is 711. The number of alkyl halides is 10. The standard InChI is InChI=1S/2C8H9F5O3.2C2H5O.Ti/c2*1-2-4(5(14)3-6(15)16)7(9,10)8(11,12)13;2*1-2-3;/h2*4H,2-3H2,1H3,(H,15,16);2*2H2,1H3;/q;;2*-1;+4/p-2. The van der Waals surface area contributed by atoms with E-state index in [4.69, 9.17) is 6.64 Å². The molecule has 19 heteroatoms. The van der Waals surface area contributed by atoms with Crippen molar-refractivity contribution in [3.63, 3.8) is 0 Å². The van der Waals surface area contributed by atoms with Gasteiger partial charge in [-0.3, -0.25) is 9.59 Å². The summed E-state index contributed by atoms with van der Waals surface area (Å²) >= 11 is -0.486. The van der Waals surface area contributed by atoms with E-state index in [1.54, 1.807) is 0 Å². The van der Waals surface area contributed by atoms with E-state index in [2.05, 4.69) is 0 Å². The van der Waals surface area contributed by atoms with E-state index >= 15 is 0 Å². The third kappa shape index (κ3) is 15.5. The van der Waals surface area contributed by atoms with Crippen molar-refractivity contribution >= 4 is 23.5 Å². The maximum atomic E-state index is 12.7. The Morgan fingerprint density at radius 1 is 0.615 bits per heavy atom. The average Bonchev–Trinajstić information content (AvgIpc) is 2.73. The van der Waals surface area contributed by atoms with Crippen molar-refractivity contribution in [2.45, 2.75) is 77.6 Å². The van der Waals surface area contributed by atoms with Crippen molar-refractivity contribution in [1.82, 2.24) is 0 Å². The van der Waals surface area contributed by atoms with Gasteiger partial charge in [0.05, 0.1) is 11.8 Å². The summed E-state index contributed by atoms with van der Waals surface area (Å²) in [6, 6.07) is 0. The van der Waals surface area contributed by atoms with E-state index in [-0.39, 0.29) is 0 Å². The van der Waals surface area contributed by atoms with Crippen LogP contribution in [-0.2, 0) is 45.7 Å². The van der Waals surface area contributed by atoms with Gasteiger partial charge < -0.3 is 19.8 Å². The average molecular weight is 632 g/mol. The van der Waals surface area contributed by atoms with E-state index < -0.39 is 105 Å². The molecule has 0 aliphatic heterocycles. The van der Waals surface area contributed by atoms with Crippen LogP contribution in [0.1, 0.15) is 53.4 Å². The summed E-state index contributed by atoms with van der Waals surface area (Å²) in [6.45, 7) is 7.42. The van der Waals surface area contributed by atoms with Gasteiger partial charge in [0.1, 0.15) is 11.6 Å². The van der Waals surface area contributed by atoms with E-state index in [0.717, 1.165) is 27.1 Å². The first-order valence-electron chi connectivity index (χ1n) is 10.8. The molecule has 0 fully saturated rings. The molecule has 0 bridgehead atoms. The van der Waals surface area contributed by atoms with Gasteiger partial charge in [-0.1, -0.05) is 13.8 Å². The molecule has 8 nitrogen and oxygen atoms in total. The Morgan fingerprint density at radius 3 is 1.03 bits per heavy atom. The van der Waals surface area contributed by atoms with E-state index in [1.807, 2.05) is 13.8 Å². The molecule has 0 rings (SSSR count). The second-order valence-corrected chi connectivity index (χ2v) is 8.30. The number of aliphatic carboxylic acids is 2. The van der Waals surface area contributed by atoms with Crippen LogP contribution in [0.5, 0.6) is 0 Å². The van der Waals surface area contributed by atoms with Gasteiger partial charge >= 0.3 is 77.8 Å². The number of carboxylic acid groups (broad SMARTS) is 2. The number of rotatable bonds is 14. The summed E-state index contributed by atoms with van der Waals surface area (Å²) in [7, 11) is 0. The molecule has 0 aliphatic rings. The third-order valence-electron chi connectivity index (χ3n) is 4.27. The van der Waals surface area contributed by atoms with Gasteiger partial charge in [-0.2, -0.15) is 43.9 Å². The molecule has 0 heterocycles. The number of carbonyl (C=O) groups is 4. The van der Waals surface area contributed by atoms with Crippen LogP contribution < -0.4 is 10.2 Å². The maximum absolute atomic E-state index is 12.7. The van der Waals surface area contributed by atoms with Crippen molar-refractivity contribution in [3.8, 4) is 0 Å². The summed E-state index contributed by atoms with van der Waals surface area (Å²) in [5.41, 5.74) is 0. The van der Waals surface area contributed by atoms with Crippen molar-refractivity contribution in [3.05, 3.63) is 0 Å². The first-order chi connectivity index (χ1) is 17.5. The fourth-order valence-electron chi connectivity index (χ4n) is 2.46. The Morgan fingerprint density at radius 2 is 0.872 bits per heavy atom. The Kier molecular flexibility index (Phi) is 19.8. The quantitative estimate of drug-likeness (QED) is 0.124. The molecule has 228 valence electrons. The third-order valence-corrected chi connectivity index (χ3v) is 5.54. The van der Waals surface area contributed by atoms with Gasteiger partial charge in [-0.05, 0) is 12.8 Å². The fourth-order valence-corrected chi connectivity index (χ4v) is 2.96. The molecule has 0 amide bonds. The molecule has 0 saturated carbocycles. The van der Waals surface area contributed by atoms with Crippen LogP contribution >= 0.6 is 0 Å². The van der Waals surface area contributed by atoms with Crippen LogP contribution in [0, 0.1) is 11.8 Å². The molecular weight excluding hydrogens is 606 g/mol. The number of carbonyl (C=O) groups excluding carboxylic acids is 4. The van der Waals surface area contributed by atoms with Crippen LogP contribution in [0.25, 0.3) is 0 Å². The molecule has 2 unspecified atom stereocenters. The molecule has 0 aromatic rings. The monoisotopic (exact) mass is 632 g/mol. The van der Waals surface area contributed by atoms with Crippen LogP contribution in [0.2, 0.25) is 0 Å². The van der Waals surface area contributed by atoms with Gasteiger partial charge in [0.2, 0.25) is 0 Å².